The van der Waals surface area contributed by atoms with Crippen molar-refractivity contribution in [3.8, 4) is 17.0 Å². The Labute approximate surface area is 319 Å². The van der Waals surface area contributed by atoms with Crippen molar-refractivity contribution >= 4 is 41.3 Å². The highest BCUT2D eigenvalue weighted by Gasteiger charge is 2.64. The summed E-state index contributed by atoms with van der Waals surface area (Å²) in [6, 6.07) is 5.13. The summed E-state index contributed by atoms with van der Waals surface area (Å²) in [6.45, 7) is 10.1. The Morgan fingerprint density at radius 2 is 1.78 bits per heavy atom. The van der Waals surface area contributed by atoms with Gasteiger partial charge in [0.15, 0.2) is 5.78 Å². The minimum Gasteiger partial charge on any atom is -0.493 e. The van der Waals surface area contributed by atoms with Gasteiger partial charge in [-0.3, -0.25) is 19.2 Å². The molecular weight excluding hydrogens is 711 g/mol. The van der Waals surface area contributed by atoms with E-state index in [-0.39, 0.29) is 53.0 Å². The number of carbonyl (C=O) groups is 5. The zero-order valence-electron chi connectivity index (χ0n) is 31.5. The summed E-state index contributed by atoms with van der Waals surface area (Å²) in [6.07, 6.45) is 9.81. The van der Waals surface area contributed by atoms with E-state index in [1.54, 1.807) is 45.0 Å². The molecule has 3 saturated carbocycles. The number of β-lactam (4-membered cyclic amide) rings is 1. The van der Waals surface area contributed by atoms with Crippen LogP contribution in [0.15, 0.2) is 40.4 Å². The van der Waals surface area contributed by atoms with Gasteiger partial charge in [-0.15, -0.1) is 11.8 Å². The first-order valence-corrected chi connectivity index (χ1v) is 20.2. The standard InChI is InChI=1S/C41H49N3O9S/c1-21-31(35(47)42-33-36(48)44-34(38(49)50)39(2,3)54-37(33)44)32(43-53-21)22-6-9-25(10-7-22)51-19-16-30(46)52-29-13-12-27-26-11-8-23-20-24(45)14-17-40(23,4)28(26)15-18-41(27,29)5/h6-7,9-10,20,26-29,33-34,37H,8,11-19H2,1-5H3,(H,42,47)(H,49,50). The van der Waals surface area contributed by atoms with E-state index in [1.165, 1.54) is 22.2 Å². The molecule has 54 heavy (non-hydrogen) atoms. The van der Waals surface area contributed by atoms with Crippen molar-refractivity contribution in [2.75, 3.05) is 6.61 Å². The summed E-state index contributed by atoms with van der Waals surface area (Å²) >= 11 is 1.36. The molecule has 2 saturated heterocycles. The van der Waals surface area contributed by atoms with Crippen LogP contribution in [0.2, 0.25) is 0 Å². The lowest BCUT2D eigenvalue weighted by Gasteiger charge is -2.57. The lowest BCUT2D eigenvalue weighted by Crippen LogP contribution is -2.70. The maximum absolute atomic E-state index is 13.5. The number of amides is 2. The van der Waals surface area contributed by atoms with E-state index in [0.717, 1.165) is 44.9 Å². The smallest absolute Gasteiger partial charge is 0.327 e. The van der Waals surface area contributed by atoms with Gasteiger partial charge in [-0.2, -0.15) is 0 Å². The van der Waals surface area contributed by atoms with Gasteiger partial charge in [-0.1, -0.05) is 24.6 Å². The van der Waals surface area contributed by atoms with Gasteiger partial charge in [0.05, 0.1) is 13.0 Å². The molecule has 9 unspecified atom stereocenters. The van der Waals surface area contributed by atoms with Gasteiger partial charge in [-0.25, -0.2) is 4.79 Å². The van der Waals surface area contributed by atoms with Crippen molar-refractivity contribution in [1.82, 2.24) is 15.4 Å². The first-order valence-electron chi connectivity index (χ1n) is 19.3. The van der Waals surface area contributed by atoms with E-state index in [1.807, 2.05) is 6.08 Å². The summed E-state index contributed by atoms with van der Waals surface area (Å²) < 4.78 is 16.8. The summed E-state index contributed by atoms with van der Waals surface area (Å²) in [5.41, 5.74) is 2.55. The predicted molar refractivity (Wildman–Crippen MR) is 198 cm³/mol. The van der Waals surface area contributed by atoms with E-state index in [4.69, 9.17) is 14.0 Å². The number of carbonyl (C=O) groups excluding carboxylic acids is 4. The first-order chi connectivity index (χ1) is 25.6. The molecule has 288 valence electrons. The van der Waals surface area contributed by atoms with Crippen LogP contribution in [0.1, 0.15) is 102 Å². The third kappa shape index (κ3) is 5.87. The van der Waals surface area contributed by atoms with Crippen molar-refractivity contribution in [2.45, 2.75) is 121 Å². The molecule has 6 aliphatic rings. The fourth-order valence-corrected chi connectivity index (χ4v) is 12.7. The second-order valence-corrected chi connectivity index (χ2v) is 19.0. The summed E-state index contributed by atoms with van der Waals surface area (Å²) in [5, 5.41) is 16.1. The minimum atomic E-state index is -1.07. The number of thioether (sulfide) groups is 1. The summed E-state index contributed by atoms with van der Waals surface area (Å²) in [4.78, 5) is 64.9. The Kier molecular flexibility index (Phi) is 9.05. The zero-order valence-corrected chi connectivity index (χ0v) is 32.3. The number of hydrogen-bond acceptors (Lipinski definition) is 10. The molecular formula is C41H49N3O9S. The molecule has 2 amide bonds. The minimum absolute atomic E-state index is 0.0334. The van der Waals surface area contributed by atoms with Crippen LogP contribution in [-0.4, -0.2) is 79.6 Å². The van der Waals surface area contributed by atoms with Crippen LogP contribution in [0.25, 0.3) is 11.3 Å². The number of aliphatic carboxylic acids is 1. The van der Waals surface area contributed by atoms with E-state index in [9.17, 15) is 29.1 Å². The molecule has 2 N–H and O–H groups in total. The van der Waals surface area contributed by atoms with Crippen LogP contribution < -0.4 is 10.1 Å². The van der Waals surface area contributed by atoms with Gasteiger partial charge < -0.3 is 29.3 Å². The van der Waals surface area contributed by atoms with Crippen LogP contribution in [0.5, 0.6) is 5.75 Å². The van der Waals surface area contributed by atoms with Crippen LogP contribution in [-0.2, 0) is 23.9 Å². The normalized spacial score (nSPS) is 34.8. The Balaban J connectivity index is 0.842. The van der Waals surface area contributed by atoms with Gasteiger partial charge in [-0.05, 0) is 119 Å². The second-order valence-electron chi connectivity index (χ2n) is 17.2. The molecule has 3 heterocycles. The molecule has 5 fully saturated rings. The maximum atomic E-state index is 13.5. The number of esters is 1. The molecule has 0 spiro atoms. The number of rotatable bonds is 9. The molecule has 1 aromatic heterocycles. The monoisotopic (exact) mass is 759 g/mol. The average Bonchev–Trinajstić information content (AvgIpc) is 3.76. The number of ketones is 1. The number of carboxylic acid groups (broad SMARTS) is 1. The van der Waals surface area contributed by atoms with Gasteiger partial charge in [0.1, 0.15) is 46.3 Å². The number of aromatic nitrogens is 1. The number of benzene rings is 1. The molecule has 13 heteroatoms. The Morgan fingerprint density at radius 3 is 2.52 bits per heavy atom. The second kappa shape index (κ2) is 13.3. The van der Waals surface area contributed by atoms with E-state index in [0.29, 0.717) is 41.2 Å². The van der Waals surface area contributed by atoms with Gasteiger partial charge in [0.2, 0.25) is 5.91 Å². The lowest BCUT2D eigenvalue weighted by molar-refractivity contribution is -0.160. The van der Waals surface area contributed by atoms with Crippen molar-refractivity contribution in [3.63, 3.8) is 0 Å². The molecule has 0 bridgehead atoms. The number of nitrogens with zero attached hydrogens (tertiary/aromatic N) is 2. The number of hydrogen-bond donors (Lipinski definition) is 2. The average molecular weight is 760 g/mol. The van der Waals surface area contributed by atoms with Crippen LogP contribution in [0.4, 0.5) is 0 Å². The fraction of sp³-hybridized carbons (Fsp3) is 0.610. The molecule has 1 aromatic carbocycles. The van der Waals surface area contributed by atoms with E-state index in [2.05, 4.69) is 24.3 Å². The number of carboxylic acids is 1. The van der Waals surface area contributed by atoms with Gasteiger partial charge >= 0.3 is 11.9 Å². The number of allylic oxidation sites excluding steroid dienone is 1. The summed E-state index contributed by atoms with van der Waals surface area (Å²) in [7, 11) is 0. The molecule has 4 aliphatic carbocycles. The van der Waals surface area contributed by atoms with Gasteiger partial charge in [0, 0.05) is 22.1 Å². The SMILES string of the molecule is Cc1onc(-c2ccc(OCCC(=O)OC3CCC4C5CCC6=CC(=O)CCC6(C)C5CCC34C)cc2)c1C(=O)NC1C(=O)N2C1SC(C)(C)C2C(=O)O. The van der Waals surface area contributed by atoms with Crippen LogP contribution >= 0.6 is 11.8 Å². The topological polar surface area (TPSA) is 165 Å². The van der Waals surface area contributed by atoms with Crippen LogP contribution in [0.3, 0.4) is 0 Å². The summed E-state index contributed by atoms with van der Waals surface area (Å²) in [5.74, 6) is 0.529. The number of nitrogens with one attached hydrogen (secondary N) is 1. The highest BCUT2D eigenvalue weighted by atomic mass is 32.2. The number of fused-ring (bicyclic) bond motifs is 6. The zero-order chi connectivity index (χ0) is 38.3. The molecule has 0 radical (unpaired) electrons. The molecule has 2 aromatic rings. The number of aryl methyl sites for hydroxylation is 1. The lowest BCUT2D eigenvalue weighted by atomic mass is 9.47. The predicted octanol–water partition coefficient (Wildman–Crippen LogP) is 6.11. The quantitative estimate of drug-likeness (QED) is 0.224. The molecule has 9 atom stereocenters. The third-order valence-electron chi connectivity index (χ3n) is 13.9. The fourth-order valence-electron chi connectivity index (χ4n) is 11.1. The van der Waals surface area contributed by atoms with Crippen molar-refractivity contribution < 1.29 is 43.1 Å². The molecule has 2 aliphatic heterocycles. The van der Waals surface area contributed by atoms with Crippen molar-refractivity contribution in [2.24, 2.45) is 28.6 Å². The Bertz CT molecular complexity index is 1940. The highest BCUT2D eigenvalue weighted by Crippen LogP contribution is 2.65. The Hall–Kier alpha value is -4.13. The largest absolute Gasteiger partial charge is 0.493 e. The van der Waals surface area contributed by atoms with Crippen molar-refractivity contribution in [1.29, 1.82) is 0 Å². The molecule has 8 rings (SSSR count). The van der Waals surface area contributed by atoms with E-state index < -0.39 is 40.0 Å². The highest BCUT2D eigenvalue weighted by molar-refractivity contribution is 8.01. The maximum Gasteiger partial charge on any atom is 0.327 e. The first kappa shape index (κ1) is 36.8. The van der Waals surface area contributed by atoms with E-state index >= 15 is 0 Å². The number of ether oxygens (including phenoxy) is 2. The third-order valence-corrected chi connectivity index (χ3v) is 15.5. The van der Waals surface area contributed by atoms with Crippen molar-refractivity contribution in [3.05, 3.63) is 47.2 Å². The molecule has 12 nitrogen and oxygen atoms in total. The Morgan fingerprint density at radius 1 is 1.02 bits per heavy atom. The van der Waals surface area contributed by atoms with Gasteiger partial charge in [0.25, 0.3) is 5.91 Å². The van der Waals surface area contributed by atoms with Crippen LogP contribution in [0, 0.1) is 35.5 Å².